The fourth-order valence-corrected chi connectivity index (χ4v) is 3.08. The van der Waals surface area contributed by atoms with Crippen LogP contribution in [0.3, 0.4) is 0 Å². The van der Waals surface area contributed by atoms with Crippen molar-refractivity contribution in [2.45, 2.75) is 59.7 Å². The number of carboxylic acids is 1. The van der Waals surface area contributed by atoms with Crippen LogP contribution in [0.25, 0.3) is 0 Å². The molecule has 0 saturated carbocycles. The van der Waals surface area contributed by atoms with Crippen LogP contribution < -0.4 is 4.74 Å². The highest BCUT2D eigenvalue weighted by Gasteiger charge is 2.43. The highest BCUT2D eigenvalue weighted by atomic mass is 16.7. The van der Waals surface area contributed by atoms with Crippen LogP contribution in [0.1, 0.15) is 50.5 Å². The molecule has 154 valence electrons. The van der Waals surface area contributed by atoms with Crippen LogP contribution in [0.5, 0.6) is 5.75 Å². The van der Waals surface area contributed by atoms with E-state index in [1.807, 2.05) is 20.8 Å². The molecule has 2 rings (SSSR count). The molecular weight excluding hydrogens is 368 g/mol. The predicted molar refractivity (Wildman–Crippen MR) is 97.7 cm³/mol. The first-order chi connectivity index (χ1) is 13.1. The van der Waals surface area contributed by atoms with Crippen LogP contribution in [-0.4, -0.2) is 41.5 Å². The van der Waals surface area contributed by atoms with Crippen LogP contribution >= 0.6 is 0 Å². The Labute approximate surface area is 163 Å². The average Bonchev–Trinajstić information content (AvgIpc) is 2.61. The van der Waals surface area contributed by atoms with Crippen LogP contribution in [0.4, 0.5) is 0 Å². The van der Waals surface area contributed by atoms with Gasteiger partial charge in [-0.05, 0) is 30.5 Å². The zero-order valence-corrected chi connectivity index (χ0v) is 16.6. The van der Waals surface area contributed by atoms with E-state index in [1.165, 1.54) is 26.0 Å². The minimum atomic E-state index is -1.20. The fraction of sp³-hybridized carbons (Fsp3) is 0.550. The quantitative estimate of drug-likeness (QED) is 0.734. The van der Waals surface area contributed by atoms with Crippen molar-refractivity contribution < 1.29 is 38.4 Å². The van der Waals surface area contributed by atoms with Crippen molar-refractivity contribution in [2.24, 2.45) is 11.8 Å². The molecule has 8 nitrogen and oxygen atoms in total. The van der Waals surface area contributed by atoms with E-state index in [0.29, 0.717) is 5.56 Å². The lowest BCUT2D eigenvalue weighted by Gasteiger charge is -2.42. The van der Waals surface area contributed by atoms with Gasteiger partial charge in [0.15, 0.2) is 6.10 Å². The third kappa shape index (κ3) is 5.22. The maximum Gasteiger partial charge on any atom is 0.339 e. The smallest absolute Gasteiger partial charge is 0.339 e. The number of carbonyl (C=O) groups is 3. The molecule has 5 atom stereocenters. The summed E-state index contributed by atoms with van der Waals surface area (Å²) in [6, 6.07) is 4.45. The summed E-state index contributed by atoms with van der Waals surface area (Å²) in [5, 5.41) is 9.54. The first-order valence-corrected chi connectivity index (χ1v) is 9.09. The third-order valence-electron chi connectivity index (χ3n) is 4.97. The largest absolute Gasteiger partial charge is 0.478 e. The summed E-state index contributed by atoms with van der Waals surface area (Å²) < 4.78 is 22.0. The van der Waals surface area contributed by atoms with Crippen molar-refractivity contribution in [3.8, 4) is 5.75 Å². The van der Waals surface area contributed by atoms with Gasteiger partial charge in [-0.1, -0.05) is 19.9 Å². The highest BCUT2D eigenvalue weighted by Crippen LogP contribution is 2.34. The minimum absolute atomic E-state index is 0.0442. The Balaban J connectivity index is 2.28. The molecule has 1 fully saturated rings. The number of hydrogen-bond acceptors (Lipinski definition) is 7. The first kappa shape index (κ1) is 21.7. The Morgan fingerprint density at radius 3 is 2.32 bits per heavy atom. The normalized spacial score (nSPS) is 27.0. The lowest BCUT2D eigenvalue weighted by Crippen LogP contribution is -2.52. The molecule has 1 aliphatic heterocycles. The van der Waals surface area contributed by atoms with Crippen LogP contribution in [0, 0.1) is 11.8 Å². The summed E-state index contributed by atoms with van der Waals surface area (Å²) in [7, 11) is 0. The van der Waals surface area contributed by atoms with E-state index in [0.717, 1.165) is 0 Å². The summed E-state index contributed by atoms with van der Waals surface area (Å²) in [5.74, 6) is -1.98. The van der Waals surface area contributed by atoms with Crippen molar-refractivity contribution in [2.75, 3.05) is 0 Å². The van der Waals surface area contributed by atoms with E-state index in [-0.39, 0.29) is 35.9 Å². The maximum atomic E-state index is 11.7. The van der Waals surface area contributed by atoms with Gasteiger partial charge in [0.1, 0.15) is 17.9 Å². The van der Waals surface area contributed by atoms with Gasteiger partial charge in [-0.25, -0.2) is 4.79 Å². The van der Waals surface area contributed by atoms with Gasteiger partial charge in [-0.15, -0.1) is 0 Å². The SMILES string of the molecule is CC(=O)OCc1ccc(O[C@@H]2O[C@H](C)[C@@H](C)[C@H](C)[C@H]2OC(C)=O)c(C(=O)O)c1. The average molecular weight is 394 g/mol. The zero-order chi connectivity index (χ0) is 21.0. The summed E-state index contributed by atoms with van der Waals surface area (Å²) in [6.45, 7) is 8.36. The molecule has 1 aromatic carbocycles. The molecule has 0 unspecified atom stereocenters. The van der Waals surface area contributed by atoms with Crippen LogP contribution in [0.15, 0.2) is 18.2 Å². The van der Waals surface area contributed by atoms with Crippen molar-refractivity contribution in [1.82, 2.24) is 0 Å². The molecule has 1 aliphatic rings. The number of hydrogen-bond donors (Lipinski definition) is 1. The van der Waals surface area contributed by atoms with Crippen molar-refractivity contribution >= 4 is 17.9 Å². The number of benzene rings is 1. The van der Waals surface area contributed by atoms with E-state index in [1.54, 1.807) is 6.07 Å². The molecular formula is C20H26O8. The van der Waals surface area contributed by atoms with E-state index >= 15 is 0 Å². The minimum Gasteiger partial charge on any atom is -0.478 e. The topological polar surface area (TPSA) is 108 Å². The molecule has 0 bridgehead atoms. The Morgan fingerprint density at radius 1 is 1.07 bits per heavy atom. The van der Waals surface area contributed by atoms with E-state index in [4.69, 9.17) is 18.9 Å². The Hall–Kier alpha value is -2.61. The molecule has 1 saturated heterocycles. The molecule has 0 spiro atoms. The van der Waals surface area contributed by atoms with Gasteiger partial charge in [0.2, 0.25) is 6.29 Å². The highest BCUT2D eigenvalue weighted by molar-refractivity contribution is 5.91. The number of carbonyl (C=O) groups excluding carboxylic acids is 2. The standard InChI is InChI=1S/C20H26O8/c1-10-11(2)18(27-14(5)22)20(26-12(10)3)28-17-7-6-15(9-25-13(4)21)8-16(17)19(23)24/h6-8,10-12,18,20H,9H2,1-5H3,(H,23,24)/t10-,11-,12+,18+,20-/m0/s1. The fourth-order valence-electron chi connectivity index (χ4n) is 3.08. The number of ether oxygens (including phenoxy) is 4. The lowest BCUT2D eigenvalue weighted by atomic mass is 9.84. The molecule has 1 heterocycles. The lowest BCUT2D eigenvalue weighted by molar-refractivity contribution is -0.242. The summed E-state index contributed by atoms with van der Waals surface area (Å²) in [4.78, 5) is 34.2. The molecule has 0 radical (unpaired) electrons. The summed E-state index contributed by atoms with van der Waals surface area (Å²) >= 11 is 0. The van der Waals surface area contributed by atoms with Gasteiger partial charge in [0.05, 0.1) is 6.10 Å². The molecule has 8 heteroatoms. The van der Waals surface area contributed by atoms with E-state index < -0.39 is 30.3 Å². The monoisotopic (exact) mass is 394 g/mol. The second-order valence-corrected chi connectivity index (χ2v) is 7.04. The Bertz CT molecular complexity index is 744. The van der Waals surface area contributed by atoms with Crippen molar-refractivity contribution in [3.63, 3.8) is 0 Å². The second-order valence-electron chi connectivity index (χ2n) is 7.04. The van der Waals surface area contributed by atoms with Crippen LogP contribution in [0.2, 0.25) is 0 Å². The van der Waals surface area contributed by atoms with E-state index in [9.17, 15) is 19.5 Å². The first-order valence-electron chi connectivity index (χ1n) is 9.09. The van der Waals surface area contributed by atoms with Gasteiger partial charge >= 0.3 is 17.9 Å². The van der Waals surface area contributed by atoms with Crippen LogP contribution in [-0.2, 0) is 30.4 Å². The van der Waals surface area contributed by atoms with Gasteiger partial charge in [0, 0.05) is 19.8 Å². The molecule has 0 amide bonds. The van der Waals surface area contributed by atoms with Gasteiger partial charge in [-0.3, -0.25) is 9.59 Å². The molecule has 1 aromatic rings. The third-order valence-corrected chi connectivity index (χ3v) is 4.97. The zero-order valence-electron chi connectivity index (χ0n) is 16.6. The molecule has 0 aliphatic carbocycles. The Morgan fingerprint density at radius 2 is 1.75 bits per heavy atom. The van der Waals surface area contributed by atoms with Crippen molar-refractivity contribution in [1.29, 1.82) is 0 Å². The molecule has 1 N–H and O–H groups in total. The van der Waals surface area contributed by atoms with Gasteiger partial charge in [0.25, 0.3) is 0 Å². The Kier molecular flexibility index (Phi) is 7.01. The number of esters is 2. The second kappa shape index (κ2) is 9.05. The van der Waals surface area contributed by atoms with E-state index in [2.05, 4.69) is 0 Å². The summed E-state index contributed by atoms with van der Waals surface area (Å²) in [6.07, 6.45) is -1.78. The van der Waals surface area contributed by atoms with Gasteiger partial charge < -0.3 is 24.1 Å². The summed E-state index contributed by atoms with van der Waals surface area (Å²) in [5.41, 5.74) is 0.408. The number of aromatic carboxylic acids is 1. The molecule has 28 heavy (non-hydrogen) atoms. The van der Waals surface area contributed by atoms with Crippen molar-refractivity contribution in [3.05, 3.63) is 29.3 Å². The molecule has 0 aromatic heterocycles. The predicted octanol–water partition coefficient (Wildman–Crippen LogP) is 2.78. The number of carboxylic acid groups (broad SMARTS) is 1. The van der Waals surface area contributed by atoms with Gasteiger partial charge in [-0.2, -0.15) is 0 Å². The maximum absolute atomic E-state index is 11.7. The number of rotatable bonds is 6.